The van der Waals surface area contributed by atoms with Crippen LogP contribution in [0.3, 0.4) is 0 Å². The third-order valence-electron chi connectivity index (χ3n) is 3.82. The first-order chi connectivity index (χ1) is 9.63. The second kappa shape index (κ2) is 10.3. The maximum absolute atomic E-state index is 9.85. The van der Waals surface area contributed by atoms with Gasteiger partial charge in [-0.3, -0.25) is 0 Å². The number of aliphatic hydroxyl groups excluding tert-OH is 1. The topological polar surface area (TPSA) is 50.7 Å². The van der Waals surface area contributed by atoms with Crippen molar-refractivity contribution in [2.45, 2.75) is 45.8 Å². The fourth-order valence-corrected chi connectivity index (χ4v) is 2.45. The summed E-state index contributed by atoms with van der Waals surface area (Å²) in [5.41, 5.74) is 0. The minimum absolute atomic E-state index is 0.183. The Hall–Kier alpha value is -0.420. The van der Waals surface area contributed by atoms with E-state index in [2.05, 4.69) is 24.4 Å². The third-order valence-corrected chi connectivity index (χ3v) is 3.82. The molecule has 0 saturated carbocycles. The van der Waals surface area contributed by atoms with E-state index in [1.807, 2.05) is 13.8 Å². The Kier molecular flexibility index (Phi) is 9.10. The molecule has 118 valence electrons. The van der Waals surface area contributed by atoms with Crippen LogP contribution in [0, 0.1) is 11.8 Å². The van der Waals surface area contributed by atoms with Gasteiger partial charge in [0, 0.05) is 19.7 Å². The molecule has 0 aromatic rings. The Morgan fingerprint density at radius 2 is 2.05 bits per heavy atom. The van der Waals surface area contributed by atoms with Gasteiger partial charge in [0.05, 0.1) is 25.4 Å². The lowest BCUT2D eigenvalue weighted by atomic mass is 9.85. The second-order valence-electron chi connectivity index (χ2n) is 5.80. The fourth-order valence-electron chi connectivity index (χ4n) is 2.45. The van der Waals surface area contributed by atoms with Crippen molar-refractivity contribution < 1.29 is 14.6 Å². The SMILES string of the molecule is CCOC(C)CNCC(O)COCC1CC=CCC1C. The molecule has 4 atom stereocenters. The summed E-state index contributed by atoms with van der Waals surface area (Å²) < 4.78 is 11.1. The minimum atomic E-state index is -0.446. The molecule has 0 heterocycles. The molecule has 1 aliphatic rings. The van der Waals surface area contributed by atoms with Crippen LogP contribution in [0.1, 0.15) is 33.6 Å². The molecule has 0 aromatic heterocycles. The lowest BCUT2D eigenvalue weighted by Gasteiger charge is -2.25. The molecule has 0 radical (unpaired) electrons. The normalized spacial score (nSPS) is 25.6. The van der Waals surface area contributed by atoms with Crippen molar-refractivity contribution in [1.29, 1.82) is 0 Å². The molecule has 0 aromatic carbocycles. The van der Waals surface area contributed by atoms with Crippen molar-refractivity contribution in [2.75, 3.05) is 32.9 Å². The van der Waals surface area contributed by atoms with Gasteiger partial charge in [-0.1, -0.05) is 19.1 Å². The van der Waals surface area contributed by atoms with Gasteiger partial charge in [0.25, 0.3) is 0 Å². The summed E-state index contributed by atoms with van der Waals surface area (Å²) >= 11 is 0. The smallest absolute Gasteiger partial charge is 0.0897 e. The molecule has 0 amide bonds. The largest absolute Gasteiger partial charge is 0.389 e. The highest BCUT2D eigenvalue weighted by Crippen LogP contribution is 2.24. The Morgan fingerprint density at radius 1 is 1.30 bits per heavy atom. The monoisotopic (exact) mass is 285 g/mol. The summed E-state index contributed by atoms with van der Waals surface area (Å²) in [6, 6.07) is 0. The van der Waals surface area contributed by atoms with Crippen LogP contribution in [-0.2, 0) is 9.47 Å². The van der Waals surface area contributed by atoms with Crippen LogP contribution in [0.25, 0.3) is 0 Å². The van der Waals surface area contributed by atoms with Gasteiger partial charge in [0.1, 0.15) is 0 Å². The Labute approximate surface area is 123 Å². The highest BCUT2D eigenvalue weighted by Gasteiger charge is 2.18. The van der Waals surface area contributed by atoms with Crippen LogP contribution in [-0.4, -0.2) is 50.2 Å². The quantitative estimate of drug-likeness (QED) is 0.603. The predicted molar refractivity (Wildman–Crippen MR) is 81.8 cm³/mol. The van der Waals surface area contributed by atoms with Gasteiger partial charge in [0.15, 0.2) is 0 Å². The number of aliphatic hydroxyl groups is 1. The summed E-state index contributed by atoms with van der Waals surface area (Å²) in [4.78, 5) is 0. The van der Waals surface area contributed by atoms with Crippen LogP contribution in [0.5, 0.6) is 0 Å². The molecule has 1 rings (SSSR count). The first kappa shape index (κ1) is 17.6. The first-order valence-electron chi connectivity index (χ1n) is 7.86. The molecule has 20 heavy (non-hydrogen) atoms. The molecule has 4 heteroatoms. The van der Waals surface area contributed by atoms with E-state index in [1.54, 1.807) is 0 Å². The average Bonchev–Trinajstić information content (AvgIpc) is 2.41. The fraction of sp³-hybridized carbons (Fsp3) is 0.875. The molecule has 4 unspecified atom stereocenters. The van der Waals surface area contributed by atoms with Gasteiger partial charge < -0.3 is 19.9 Å². The number of hydrogen-bond acceptors (Lipinski definition) is 4. The third kappa shape index (κ3) is 7.39. The zero-order valence-electron chi connectivity index (χ0n) is 13.2. The maximum Gasteiger partial charge on any atom is 0.0897 e. The average molecular weight is 285 g/mol. The molecule has 0 saturated heterocycles. The molecule has 1 aliphatic carbocycles. The van der Waals surface area contributed by atoms with Gasteiger partial charge in [-0.25, -0.2) is 0 Å². The number of hydrogen-bond donors (Lipinski definition) is 2. The zero-order valence-corrected chi connectivity index (χ0v) is 13.2. The van der Waals surface area contributed by atoms with E-state index in [-0.39, 0.29) is 6.10 Å². The van der Waals surface area contributed by atoms with E-state index in [4.69, 9.17) is 9.47 Å². The molecular formula is C16H31NO3. The van der Waals surface area contributed by atoms with E-state index in [1.165, 1.54) is 0 Å². The molecule has 0 fully saturated rings. The van der Waals surface area contributed by atoms with E-state index < -0.39 is 6.10 Å². The Bertz CT molecular complexity index is 270. The Morgan fingerprint density at radius 3 is 2.75 bits per heavy atom. The lowest BCUT2D eigenvalue weighted by Crippen LogP contribution is -2.35. The van der Waals surface area contributed by atoms with Gasteiger partial charge in [-0.15, -0.1) is 0 Å². The van der Waals surface area contributed by atoms with E-state index in [0.29, 0.717) is 25.0 Å². The van der Waals surface area contributed by atoms with Crippen molar-refractivity contribution in [3.8, 4) is 0 Å². The number of rotatable bonds is 10. The predicted octanol–water partition coefficient (Wildman–Crippen LogP) is 1.98. The number of nitrogens with one attached hydrogen (secondary N) is 1. The van der Waals surface area contributed by atoms with Gasteiger partial charge in [-0.2, -0.15) is 0 Å². The summed E-state index contributed by atoms with van der Waals surface area (Å²) in [6.07, 6.45) is 6.47. The van der Waals surface area contributed by atoms with Crippen LogP contribution in [0.15, 0.2) is 12.2 Å². The van der Waals surface area contributed by atoms with Crippen molar-refractivity contribution in [3.63, 3.8) is 0 Å². The minimum Gasteiger partial charge on any atom is -0.389 e. The molecule has 0 aliphatic heterocycles. The first-order valence-corrected chi connectivity index (χ1v) is 7.86. The highest BCUT2D eigenvalue weighted by molar-refractivity contribution is 4.93. The van der Waals surface area contributed by atoms with Crippen LogP contribution in [0.4, 0.5) is 0 Å². The van der Waals surface area contributed by atoms with Gasteiger partial charge >= 0.3 is 0 Å². The van der Waals surface area contributed by atoms with Crippen LogP contribution >= 0.6 is 0 Å². The number of ether oxygens (including phenoxy) is 2. The second-order valence-corrected chi connectivity index (χ2v) is 5.80. The van der Waals surface area contributed by atoms with E-state index in [9.17, 15) is 5.11 Å². The zero-order chi connectivity index (χ0) is 14.8. The maximum atomic E-state index is 9.85. The summed E-state index contributed by atoms with van der Waals surface area (Å²) in [7, 11) is 0. The molecule has 2 N–H and O–H groups in total. The Balaban J connectivity index is 2.02. The lowest BCUT2D eigenvalue weighted by molar-refractivity contribution is 0.0105. The molecule has 4 nitrogen and oxygen atoms in total. The summed E-state index contributed by atoms with van der Waals surface area (Å²) in [6.45, 7) is 9.47. The van der Waals surface area contributed by atoms with Crippen LogP contribution < -0.4 is 5.32 Å². The van der Waals surface area contributed by atoms with Crippen molar-refractivity contribution >= 4 is 0 Å². The van der Waals surface area contributed by atoms with Crippen LogP contribution in [0.2, 0.25) is 0 Å². The standard InChI is InChI=1S/C16H31NO3/c1-4-20-14(3)9-17-10-16(18)12-19-11-15-8-6-5-7-13(15)2/h5-6,13-18H,4,7-12H2,1-3H3. The highest BCUT2D eigenvalue weighted by atomic mass is 16.5. The molecule has 0 bridgehead atoms. The molecular weight excluding hydrogens is 254 g/mol. The summed E-state index contributed by atoms with van der Waals surface area (Å²) in [5.74, 6) is 1.28. The van der Waals surface area contributed by atoms with E-state index in [0.717, 1.165) is 32.6 Å². The van der Waals surface area contributed by atoms with Crippen molar-refractivity contribution in [2.24, 2.45) is 11.8 Å². The van der Waals surface area contributed by atoms with Gasteiger partial charge in [-0.05, 0) is 38.5 Å². The van der Waals surface area contributed by atoms with Gasteiger partial charge in [0.2, 0.25) is 0 Å². The van der Waals surface area contributed by atoms with Crippen molar-refractivity contribution in [1.82, 2.24) is 5.32 Å². The molecule has 0 spiro atoms. The summed E-state index contributed by atoms with van der Waals surface area (Å²) in [5, 5.41) is 13.0. The van der Waals surface area contributed by atoms with E-state index >= 15 is 0 Å². The number of allylic oxidation sites excluding steroid dienone is 2. The van der Waals surface area contributed by atoms with Crippen molar-refractivity contribution in [3.05, 3.63) is 12.2 Å².